The van der Waals surface area contributed by atoms with Crippen molar-refractivity contribution in [1.29, 1.82) is 0 Å². The number of carbonyl (C=O) groups is 1. The highest BCUT2D eigenvalue weighted by atomic mass is 127. The SMILES string of the molecule is CN=C(NCCNC(=O)C1CCCCC1)NCC(C)Oc1cccc(C)c1.I. The second-order valence-corrected chi connectivity index (χ2v) is 7.25. The van der Waals surface area contributed by atoms with Gasteiger partial charge in [-0.25, -0.2) is 0 Å². The summed E-state index contributed by atoms with van der Waals surface area (Å²) in [6.07, 6.45) is 5.68. The number of halogens is 1. The molecule has 28 heavy (non-hydrogen) atoms. The van der Waals surface area contributed by atoms with Crippen LogP contribution in [0.15, 0.2) is 29.3 Å². The Morgan fingerprint density at radius 2 is 1.89 bits per heavy atom. The largest absolute Gasteiger partial charge is 0.489 e. The fourth-order valence-corrected chi connectivity index (χ4v) is 3.30. The number of ether oxygens (including phenoxy) is 1. The topological polar surface area (TPSA) is 74.8 Å². The van der Waals surface area contributed by atoms with E-state index in [1.165, 1.54) is 24.8 Å². The smallest absolute Gasteiger partial charge is 0.223 e. The number of hydrogen-bond donors (Lipinski definition) is 3. The third-order valence-corrected chi connectivity index (χ3v) is 4.80. The molecule has 3 N–H and O–H groups in total. The summed E-state index contributed by atoms with van der Waals surface area (Å²) in [7, 11) is 1.74. The predicted octanol–water partition coefficient (Wildman–Crippen LogP) is 3.24. The molecule has 0 saturated heterocycles. The van der Waals surface area contributed by atoms with Crippen molar-refractivity contribution in [3.05, 3.63) is 29.8 Å². The summed E-state index contributed by atoms with van der Waals surface area (Å²) in [5, 5.41) is 9.51. The molecular weight excluding hydrogens is 467 g/mol. The lowest BCUT2D eigenvalue weighted by atomic mass is 9.89. The van der Waals surface area contributed by atoms with Crippen LogP contribution in [-0.4, -0.2) is 44.7 Å². The van der Waals surface area contributed by atoms with E-state index in [4.69, 9.17) is 4.74 Å². The lowest BCUT2D eigenvalue weighted by molar-refractivity contribution is -0.125. The van der Waals surface area contributed by atoms with Crippen molar-refractivity contribution in [2.45, 2.75) is 52.1 Å². The Morgan fingerprint density at radius 3 is 2.57 bits per heavy atom. The highest BCUT2D eigenvalue weighted by molar-refractivity contribution is 14.0. The number of carbonyl (C=O) groups excluding carboxylic acids is 1. The number of nitrogens with one attached hydrogen (secondary N) is 3. The maximum atomic E-state index is 12.1. The van der Waals surface area contributed by atoms with E-state index in [1.54, 1.807) is 7.05 Å². The molecule has 1 fully saturated rings. The Balaban J connectivity index is 0.00000392. The minimum atomic E-state index is 0. The van der Waals surface area contributed by atoms with E-state index >= 15 is 0 Å². The Bertz CT molecular complexity index is 618. The number of benzene rings is 1. The van der Waals surface area contributed by atoms with Gasteiger partial charge in [0.15, 0.2) is 5.96 Å². The summed E-state index contributed by atoms with van der Waals surface area (Å²) >= 11 is 0. The minimum absolute atomic E-state index is 0. The zero-order valence-corrected chi connectivity index (χ0v) is 19.6. The molecule has 158 valence electrons. The average Bonchev–Trinajstić information content (AvgIpc) is 2.68. The fourth-order valence-electron chi connectivity index (χ4n) is 3.30. The van der Waals surface area contributed by atoms with Gasteiger partial charge in [0.05, 0.1) is 6.54 Å². The zero-order chi connectivity index (χ0) is 19.5. The second kappa shape index (κ2) is 13.6. The molecule has 7 heteroatoms. The standard InChI is InChI=1S/C21H34N4O2.HI/c1-16-8-7-11-19(14-16)27-17(2)15-25-21(22-3)24-13-12-23-20(26)18-9-5-4-6-10-18;/h7-8,11,14,17-18H,4-6,9-10,12-13,15H2,1-3H3,(H,23,26)(H2,22,24,25);1H. The van der Waals surface area contributed by atoms with Gasteiger partial charge in [-0.15, -0.1) is 24.0 Å². The van der Waals surface area contributed by atoms with E-state index in [0.717, 1.165) is 18.6 Å². The van der Waals surface area contributed by atoms with Crippen molar-refractivity contribution in [1.82, 2.24) is 16.0 Å². The minimum Gasteiger partial charge on any atom is -0.489 e. The van der Waals surface area contributed by atoms with E-state index in [1.807, 2.05) is 25.1 Å². The van der Waals surface area contributed by atoms with Crippen LogP contribution in [0.3, 0.4) is 0 Å². The van der Waals surface area contributed by atoms with Gasteiger partial charge in [0.2, 0.25) is 5.91 Å². The molecule has 1 aromatic carbocycles. The molecule has 0 radical (unpaired) electrons. The van der Waals surface area contributed by atoms with Crippen LogP contribution < -0.4 is 20.7 Å². The first-order chi connectivity index (χ1) is 13.1. The maximum Gasteiger partial charge on any atom is 0.223 e. The summed E-state index contributed by atoms with van der Waals surface area (Å²) in [6, 6.07) is 8.03. The van der Waals surface area contributed by atoms with Crippen molar-refractivity contribution in [2.24, 2.45) is 10.9 Å². The lowest BCUT2D eigenvalue weighted by Gasteiger charge is -2.21. The molecule has 0 aliphatic heterocycles. The van der Waals surface area contributed by atoms with E-state index in [2.05, 4.69) is 33.9 Å². The molecule has 0 aromatic heterocycles. The van der Waals surface area contributed by atoms with Crippen molar-refractivity contribution < 1.29 is 9.53 Å². The molecular formula is C21H35IN4O2. The van der Waals surface area contributed by atoms with Crippen molar-refractivity contribution >= 4 is 35.8 Å². The third-order valence-electron chi connectivity index (χ3n) is 4.80. The van der Waals surface area contributed by atoms with Gasteiger partial charge >= 0.3 is 0 Å². The Labute approximate surface area is 186 Å². The Hall–Kier alpha value is -1.51. The van der Waals surface area contributed by atoms with Gasteiger partial charge in [-0.05, 0) is 44.4 Å². The Kier molecular flexibility index (Phi) is 11.9. The van der Waals surface area contributed by atoms with E-state index in [9.17, 15) is 4.79 Å². The first kappa shape index (κ1) is 24.5. The summed E-state index contributed by atoms with van der Waals surface area (Å²) in [5.74, 6) is 1.98. The van der Waals surface area contributed by atoms with Gasteiger partial charge in [0.1, 0.15) is 11.9 Å². The number of hydrogen-bond acceptors (Lipinski definition) is 3. The maximum absolute atomic E-state index is 12.1. The number of rotatable bonds is 8. The number of aliphatic imine (C=N–C) groups is 1. The molecule has 1 atom stereocenters. The van der Waals surface area contributed by atoms with Crippen molar-refractivity contribution in [3.63, 3.8) is 0 Å². The van der Waals surface area contributed by atoms with Crippen LogP contribution in [-0.2, 0) is 4.79 Å². The monoisotopic (exact) mass is 502 g/mol. The number of aryl methyl sites for hydroxylation is 1. The molecule has 1 saturated carbocycles. The normalized spacial score (nSPS) is 15.9. The van der Waals surface area contributed by atoms with Crippen LogP contribution in [0.25, 0.3) is 0 Å². The summed E-state index contributed by atoms with van der Waals surface area (Å²) in [4.78, 5) is 16.3. The van der Waals surface area contributed by atoms with Crippen molar-refractivity contribution in [3.8, 4) is 5.75 Å². The number of guanidine groups is 1. The van der Waals surface area contributed by atoms with Crippen LogP contribution in [0.2, 0.25) is 0 Å². The number of amides is 1. The molecule has 0 heterocycles. The molecule has 0 spiro atoms. The van der Waals surface area contributed by atoms with Crippen LogP contribution in [0.1, 0.15) is 44.6 Å². The van der Waals surface area contributed by atoms with Gasteiger partial charge in [0.25, 0.3) is 0 Å². The molecule has 0 bridgehead atoms. The first-order valence-electron chi connectivity index (χ1n) is 10.0. The van der Waals surface area contributed by atoms with Gasteiger partial charge in [-0.3, -0.25) is 9.79 Å². The highest BCUT2D eigenvalue weighted by Gasteiger charge is 2.20. The predicted molar refractivity (Wildman–Crippen MR) is 126 cm³/mol. The van der Waals surface area contributed by atoms with E-state index in [0.29, 0.717) is 25.6 Å². The molecule has 1 amide bonds. The molecule has 1 aromatic rings. The Morgan fingerprint density at radius 1 is 1.18 bits per heavy atom. The zero-order valence-electron chi connectivity index (χ0n) is 17.3. The van der Waals surface area contributed by atoms with E-state index < -0.39 is 0 Å². The highest BCUT2D eigenvalue weighted by Crippen LogP contribution is 2.23. The molecule has 6 nitrogen and oxygen atoms in total. The van der Waals surface area contributed by atoms with Gasteiger partial charge in [-0.2, -0.15) is 0 Å². The second-order valence-electron chi connectivity index (χ2n) is 7.25. The summed E-state index contributed by atoms with van der Waals surface area (Å²) in [6.45, 7) is 5.96. The van der Waals surface area contributed by atoms with Gasteiger partial charge in [-0.1, -0.05) is 31.4 Å². The first-order valence-corrected chi connectivity index (χ1v) is 10.0. The molecule has 1 unspecified atom stereocenters. The van der Waals surface area contributed by atoms with Crippen LogP contribution in [0, 0.1) is 12.8 Å². The van der Waals surface area contributed by atoms with Gasteiger partial charge < -0.3 is 20.7 Å². The van der Waals surface area contributed by atoms with Gasteiger partial charge in [0, 0.05) is 26.1 Å². The van der Waals surface area contributed by atoms with Crippen molar-refractivity contribution in [2.75, 3.05) is 26.7 Å². The lowest BCUT2D eigenvalue weighted by Crippen LogP contribution is -2.45. The van der Waals surface area contributed by atoms with Crippen LogP contribution in [0.4, 0.5) is 0 Å². The molecule has 1 aliphatic rings. The molecule has 2 rings (SSSR count). The van der Waals surface area contributed by atoms with E-state index in [-0.39, 0.29) is 41.9 Å². The summed E-state index contributed by atoms with van der Waals surface area (Å²) in [5.41, 5.74) is 1.18. The van der Waals surface area contributed by atoms with Crippen LogP contribution >= 0.6 is 24.0 Å². The van der Waals surface area contributed by atoms with Crippen LogP contribution in [0.5, 0.6) is 5.75 Å². The fraction of sp³-hybridized carbons (Fsp3) is 0.619. The third kappa shape index (κ3) is 9.12. The molecule has 1 aliphatic carbocycles. The summed E-state index contributed by atoms with van der Waals surface area (Å²) < 4.78 is 5.91. The number of nitrogens with zero attached hydrogens (tertiary/aromatic N) is 1. The average molecular weight is 502 g/mol. The quantitative estimate of drug-likeness (QED) is 0.221.